The standard InChI is InChI=1S/C21H19N3O3S/c1-3-24-20(18-12-15-10-7-11-17(26-2)19(15)27-18)22-23-21(24)28-13-16(25)14-8-5-4-6-9-14/h4-12H,3,13H2,1-2H3. The minimum Gasteiger partial charge on any atom is -0.493 e. The minimum atomic E-state index is 0.0614. The van der Waals surface area contributed by atoms with E-state index >= 15 is 0 Å². The number of carbonyl (C=O) groups is 1. The summed E-state index contributed by atoms with van der Waals surface area (Å²) in [5, 5.41) is 10.2. The van der Waals surface area contributed by atoms with Gasteiger partial charge < -0.3 is 9.15 Å². The highest BCUT2D eigenvalue weighted by molar-refractivity contribution is 7.99. The molecule has 0 spiro atoms. The number of carbonyl (C=O) groups excluding carboxylic acids is 1. The van der Waals surface area contributed by atoms with Crippen LogP contribution in [-0.2, 0) is 6.54 Å². The Kier molecular flexibility index (Phi) is 5.16. The van der Waals surface area contributed by atoms with Crippen LogP contribution in [0.3, 0.4) is 0 Å². The first-order valence-corrected chi connectivity index (χ1v) is 9.91. The van der Waals surface area contributed by atoms with E-state index in [2.05, 4.69) is 10.2 Å². The van der Waals surface area contributed by atoms with Gasteiger partial charge in [-0.05, 0) is 19.1 Å². The SMILES string of the molecule is CCn1c(SCC(=O)c2ccccc2)nnc1-c1cc2cccc(OC)c2o1. The number of aromatic nitrogens is 3. The number of hydrogen-bond acceptors (Lipinski definition) is 6. The monoisotopic (exact) mass is 393 g/mol. The summed E-state index contributed by atoms with van der Waals surface area (Å²) >= 11 is 1.38. The molecule has 0 aliphatic carbocycles. The molecule has 0 bridgehead atoms. The average molecular weight is 393 g/mol. The third-order valence-corrected chi connectivity index (χ3v) is 5.38. The second-order valence-corrected chi connectivity index (χ2v) is 7.06. The molecule has 0 saturated carbocycles. The Morgan fingerprint density at radius 1 is 1.14 bits per heavy atom. The van der Waals surface area contributed by atoms with Gasteiger partial charge in [-0.2, -0.15) is 0 Å². The topological polar surface area (TPSA) is 70.2 Å². The average Bonchev–Trinajstić information content (AvgIpc) is 3.35. The van der Waals surface area contributed by atoms with E-state index in [1.165, 1.54) is 11.8 Å². The lowest BCUT2D eigenvalue weighted by atomic mass is 10.2. The number of ketones is 1. The predicted molar refractivity (Wildman–Crippen MR) is 109 cm³/mol. The number of para-hydroxylation sites is 1. The highest BCUT2D eigenvalue weighted by atomic mass is 32.2. The van der Waals surface area contributed by atoms with Crippen LogP contribution < -0.4 is 4.74 Å². The molecule has 28 heavy (non-hydrogen) atoms. The van der Waals surface area contributed by atoms with Crippen molar-refractivity contribution in [3.63, 3.8) is 0 Å². The van der Waals surface area contributed by atoms with Crippen LogP contribution in [0.15, 0.2) is 64.2 Å². The number of nitrogens with zero attached hydrogens (tertiary/aromatic N) is 3. The smallest absolute Gasteiger partial charge is 0.200 e. The van der Waals surface area contributed by atoms with E-state index < -0.39 is 0 Å². The highest BCUT2D eigenvalue weighted by Gasteiger charge is 2.19. The second-order valence-electron chi connectivity index (χ2n) is 6.12. The van der Waals surface area contributed by atoms with Crippen LogP contribution in [0.4, 0.5) is 0 Å². The van der Waals surface area contributed by atoms with Gasteiger partial charge >= 0.3 is 0 Å². The quantitative estimate of drug-likeness (QED) is 0.335. The summed E-state index contributed by atoms with van der Waals surface area (Å²) < 4.78 is 13.3. The van der Waals surface area contributed by atoms with Gasteiger partial charge in [0, 0.05) is 17.5 Å². The zero-order valence-corrected chi connectivity index (χ0v) is 16.4. The van der Waals surface area contributed by atoms with Crippen LogP contribution in [0, 0.1) is 0 Å². The van der Waals surface area contributed by atoms with E-state index in [0.717, 1.165) is 5.39 Å². The third kappa shape index (κ3) is 3.41. The van der Waals surface area contributed by atoms with Crippen LogP contribution in [0.1, 0.15) is 17.3 Å². The normalized spacial score (nSPS) is 11.1. The molecule has 0 unspecified atom stereocenters. The summed E-state index contributed by atoms with van der Waals surface area (Å²) in [6.07, 6.45) is 0. The second kappa shape index (κ2) is 7.90. The molecule has 2 aromatic heterocycles. The van der Waals surface area contributed by atoms with Gasteiger partial charge in [0.2, 0.25) is 5.82 Å². The molecule has 0 radical (unpaired) electrons. The summed E-state index contributed by atoms with van der Waals surface area (Å²) in [7, 11) is 1.62. The summed E-state index contributed by atoms with van der Waals surface area (Å²) in [6.45, 7) is 2.68. The van der Waals surface area contributed by atoms with E-state index in [0.29, 0.717) is 45.9 Å². The van der Waals surface area contributed by atoms with Crippen molar-refractivity contribution in [1.82, 2.24) is 14.8 Å². The Morgan fingerprint density at radius 2 is 1.96 bits per heavy atom. The van der Waals surface area contributed by atoms with E-state index in [-0.39, 0.29) is 5.78 Å². The van der Waals surface area contributed by atoms with Crippen LogP contribution in [-0.4, -0.2) is 33.4 Å². The lowest BCUT2D eigenvalue weighted by Gasteiger charge is -2.05. The van der Waals surface area contributed by atoms with Gasteiger partial charge in [-0.3, -0.25) is 9.36 Å². The van der Waals surface area contributed by atoms with E-state index in [1.807, 2.05) is 66.1 Å². The van der Waals surface area contributed by atoms with Crippen molar-refractivity contribution in [2.24, 2.45) is 0 Å². The number of Topliss-reactive ketones (excluding diaryl/α,β-unsaturated/α-hetero) is 1. The number of hydrogen-bond donors (Lipinski definition) is 0. The van der Waals surface area contributed by atoms with Crippen molar-refractivity contribution >= 4 is 28.5 Å². The van der Waals surface area contributed by atoms with Crippen LogP contribution in [0.2, 0.25) is 0 Å². The van der Waals surface area contributed by atoms with E-state index in [4.69, 9.17) is 9.15 Å². The number of thioether (sulfide) groups is 1. The molecule has 6 nitrogen and oxygen atoms in total. The molecule has 0 aliphatic rings. The first kappa shape index (κ1) is 18.3. The third-order valence-electron chi connectivity index (χ3n) is 4.41. The minimum absolute atomic E-state index is 0.0614. The van der Waals surface area contributed by atoms with Crippen LogP contribution in [0.25, 0.3) is 22.6 Å². The molecule has 0 aliphatic heterocycles. The largest absolute Gasteiger partial charge is 0.493 e. The van der Waals surface area contributed by atoms with Crippen molar-refractivity contribution in [2.45, 2.75) is 18.6 Å². The molecular formula is C21H19N3O3S. The summed E-state index contributed by atoms with van der Waals surface area (Å²) in [5.41, 5.74) is 1.38. The molecule has 0 amide bonds. The van der Waals surface area contributed by atoms with Gasteiger partial charge in [0.25, 0.3) is 0 Å². The molecule has 4 rings (SSSR count). The highest BCUT2D eigenvalue weighted by Crippen LogP contribution is 2.33. The predicted octanol–water partition coefficient (Wildman–Crippen LogP) is 4.69. The molecule has 7 heteroatoms. The van der Waals surface area contributed by atoms with Crippen molar-refractivity contribution < 1.29 is 13.9 Å². The maximum atomic E-state index is 12.4. The molecular weight excluding hydrogens is 374 g/mol. The van der Waals surface area contributed by atoms with Crippen LogP contribution >= 0.6 is 11.8 Å². The molecule has 0 fully saturated rings. The summed E-state index contributed by atoms with van der Waals surface area (Å²) in [6, 6.07) is 16.9. The van der Waals surface area contributed by atoms with Gasteiger partial charge in [0.1, 0.15) is 0 Å². The molecule has 0 saturated heterocycles. The Hall–Kier alpha value is -3.06. The Morgan fingerprint density at radius 3 is 2.71 bits per heavy atom. The molecule has 4 aromatic rings. The molecule has 0 atom stereocenters. The fraction of sp³-hybridized carbons (Fsp3) is 0.190. The lowest BCUT2D eigenvalue weighted by Crippen LogP contribution is -2.05. The van der Waals surface area contributed by atoms with Gasteiger partial charge in [-0.15, -0.1) is 10.2 Å². The Bertz CT molecular complexity index is 1120. The fourth-order valence-corrected chi connectivity index (χ4v) is 3.90. The van der Waals surface area contributed by atoms with Crippen molar-refractivity contribution in [3.8, 4) is 17.3 Å². The Balaban J connectivity index is 1.60. The number of ether oxygens (including phenoxy) is 1. The van der Waals surface area contributed by atoms with Crippen molar-refractivity contribution in [2.75, 3.05) is 12.9 Å². The summed E-state index contributed by atoms with van der Waals surface area (Å²) in [4.78, 5) is 12.4. The number of fused-ring (bicyclic) bond motifs is 1. The number of rotatable bonds is 7. The van der Waals surface area contributed by atoms with E-state index in [1.54, 1.807) is 7.11 Å². The maximum absolute atomic E-state index is 12.4. The zero-order valence-electron chi connectivity index (χ0n) is 15.6. The zero-order chi connectivity index (χ0) is 19.5. The number of furan rings is 1. The number of benzene rings is 2. The van der Waals surface area contributed by atoms with Crippen molar-refractivity contribution in [3.05, 3.63) is 60.2 Å². The molecule has 142 valence electrons. The Labute approximate surface area is 166 Å². The van der Waals surface area contributed by atoms with Gasteiger partial charge in [0.15, 0.2) is 28.0 Å². The number of methoxy groups -OCH3 is 1. The van der Waals surface area contributed by atoms with Gasteiger partial charge in [-0.25, -0.2) is 0 Å². The molecule has 0 N–H and O–H groups in total. The molecule has 2 aromatic carbocycles. The maximum Gasteiger partial charge on any atom is 0.200 e. The fourth-order valence-electron chi connectivity index (χ4n) is 3.01. The van der Waals surface area contributed by atoms with E-state index in [9.17, 15) is 4.79 Å². The lowest BCUT2D eigenvalue weighted by molar-refractivity contribution is 0.102. The first-order chi connectivity index (χ1) is 13.7. The van der Waals surface area contributed by atoms with Gasteiger partial charge in [0.05, 0.1) is 12.9 Å². The van der Waals surface area contributed by atoms with Crippen LogP contribution in [0.5, 0.6) is 5.75 Å². The molecule has 2 heterocycles. The first-order valence-electron chi connectivity index (χ1n) is 8.92. The van der Waals surface area contributed by atoms with Gasteiger partial charge in [-0.1, -0.05) is 54.2 Å². The summed E-state index contributed by atoms with van der Waals surface area (Å²) in [5.74, 6) is 2.29. The van der Waals surface area contributed by atoms with Crippen molar-refractivity contribution in [1.29, 1.82) is 0 Å².